The first-order chi connectivity index (χ1) is 7.79. The van der Waals surface area contributed by atoms with Gasteiger partial charge in [0.25, 0.3) is 0 Å². The monoisotopic (exact) mass is 249 g/mol. The Morgan fingerprint density at radius 2 is 1.65 bits per heavy atom. The third-order valence-corrected chi connectivity index (χ3v) is 2.48. The lowest BCUT2D eigenvalue weighted by Gasteiger charge is -2.08. The van der Waals surface area contributed by atoms with Gasteiger partial charge < -0.3 is 10.5 Å². The second-order valence-corrected chi connectivity index (χ2v) is 3.72. The minimum atomic E-state index is 0. The highest BCUT2D eigenvalue weighted by molar-refractivity contribution is 5.85. The van der Waals surface area contributed by atoms with E-state index < -0.39 is 0 Å². The molecule has 0 unspecified atom stereocenters. The summed E-state index contributed by atoms with van der Waals surface area (Å²) in [4.78, 5) is 0. The molecule has 2 aromatic rings. The maximum absolute atomic E-state index is 5.77. The highest BCUT2D eigenvalue weighted by Crippen LogP contribution is 2.24. The van der Waals surface area contributed by atoms with Crippen LogP contribution in [0.2, 0.25) is 0 Å². The van der Waals surface area contributed by atoms with Crippen LogP contribution in [0, 0.1) is 6.92 Å². The Morgan fingerprint density at radius 3 is 2.24 bits per heavy atom. The van der Waals surface area contributed by atoms with Gasteiger partial charge in [-0.1, -0.05) is 30.3 Å². The summed E-state index contributed by atoms with van der Waals surface area (Å²) < 4.78 is 5.77. The molecule has 0 heterocycles. The Morgan fingerprint density at radius 1 is 1.00 bits per heavy atom. The Labute approximate surface area is 108 Å². The van der Waals surface area contributed by atoms with Gasteiger partial charge >= 0.3 is 0 Å². The van der Waals surface area contributed by atoms with Crippen molar-refractivity contribution in [3.05, 3.63) is 59.7 Å². The Balaban J connectivity index is 0.00000144. The molecule has 2 rings (SSSR count). The van der Waals surface area contributed by atoms with E-state index in [4.69, 9.17) is 10.5 Å². The van der Waals surface area contributed by atoms with E-state index >= 15 is 0 Å². The van der Waals surface area contributed by atoms with Crippen molar-refractivity contribution in [1.82, 2.24) is 0 Å². The molecule has 2 N–H and O–H groups in total. The quantitative estimate of drug-likeness (QED) is 0.901. The standard InChI is InChI=1S/C14H15NO.ClH/c1-11-4-2-3-5-14(11)16-13-8-6-12(10-15)7-9-13;/h2-9H,10,15H2,1H3;1H. The first kappa shape index (κ1) is 13.6. The van der Waals surface area contributed by atoms with E-state index in [0.717, 1.165) is 22.6 Å². The van der Waals surface area contributed by atoms with Gasteiger partial charge in [0.15, 0.2) is 0 Å². The molecular formula is C14H16ClNO. The summed E-state index contributed by atoms with van der Waals surface area (Å²) in [5.41, 5.74) is 7.77. The lowest BCUT2D eigenvalue weighted by molar-refractivity contribution is 0.478. The highest BCUT2D eigenvalue weighted by atomic mass is 35.5. The first-order valence-electron chi connectivity index (χ1n) is 5.32. The maximum Gasteiger partial charge on any atom is 0.130 e. The molecule has 0 saturated carbocycles. The summed E-state index contributed by atoms with van der Waals surface area (Å²) in [5, 5.41) is 0. The lowest BCUT2D eigenvalue weighted by atomic mass is 10.2. The van der Waals surface area contributed by atoms with Crippen LogP contribution < -0.4 is 10.5 Å². The van der Waals surface area contributed by atoms with Crippen LogP contribution in [0.1, 0.15) is 11.1 Å². The highest BCUT2D eigenvalue weighted by Gasteiger charge is 1.99. The summed E-state index contributed by atoms with van der Waals surface area (Å²) in [7, 11) is 0. The molecule has 0 fully saturated rings. The Bertz CT molecular complexity index is 468. The molecule has 0 aliphatic carbocycles. The molecule has 0 atom stereocenters. The average molecular weight is 250 g/mol. The summed E-state index contributed by atoms with van der Waals surface area (Å²) >= 11 is 0. The van der Waals surface area contributed by atoms with Gasteiger partial charge in [-0.25, -0.2) is 0 Å². The van der Waals surface area contributed by atoms with E-state index in [1.807, 2.05) is 55.5 Å². The number of ether oxygens (including phenoxy) is 1. The third-order valence-electron chi connectivity index (χ3n) is 2.48. The maximum atomic E-state index is 5.77. The third kappa shape index (κ3) is 3.48. The van der Waals surface area contributed by atoms with Crippen LogP contribution in [0.3, 0.4) is 0 Å². The molecular weight excluding hydrogens is 234 g/mol. The number of hydrogen-bond donors (Lipinski definition) is 1. The summed E-state index contributed by atoms with van der Waals surface area (Å²) in [6.45, 7) is 2.59. The van der Waals surface area contributed by atoms with Gasteiger partial charge in [0.1, 0.15) is 11.5 Å². The summed E-state index contributed by atoms with van der Waals surface area (Å²) in [6.07, 6.45) is 0. The Kier molecular flexibility index (Phi) is 5.01. The van der Waals surface area contributed by atoms with E-state index in [2.05, 4.69) is 0 Å². The van der Waals surface area contributed by atoms with Gasteiger partial charge in [-0.2, -0.15) is 0 Å². The zero-order valence-corrected chi connectivity index (χ0v) is 10.5. The van der Waals surface area contributed by atoms with Crippen LogP contribution >= 0.6 is 12.4 Å². The van der Waals surface area contributed by atoms with Gasteiger partial charge in [0.05, 0.1) is 0 Å². The summed E-state index contributed by atoms with van der Waals surface area (Å²) in [6, 6.07) is 15.8. The zero-order valence-electron chi connectivity index (χ0n) is 9.72. The molecule has 0 saturated heterocycles. The number of nitrogens with two attached hydrogens (primary N) is 1. The number of hydrogen-bond acceptors (Lipinski definition) is 2. The van der Waals surface area contributed by atoms with Crippen molar-refractivity contribution in [3.8, 4) is 11.5 Å². The fourth-order valence-electron chi connectivity index (χ4n) is 1.49. The van der Waals surface area contributed by atoms with Crippen molar-refractivity contribution >= 4 is 12.4 Å². The number of aryl methyl sites for hydroxylation is 1. The SMILES string of the molecule is Cc1ccccc1Oc1ccc(CN)cc1.Cl. The largest absolute Gasteiger partial charge is 0.457 e. The molecule has 0 aromatic heterocycles. The van der Waals surface area contributed by atoms with Crippen LogP contribution in [0.5, 0.6) is 11.5 Å². The van der Waals surface area contributed by atoms with Gasteiger partial charge in [-0.05, 0) is 36.2 Å². The van der Waals surface area contributed by atoms with Gasteiger partial charge in [0, 0.05) is 6.54 Å². The molecule has 3 heteroatoms. The van der Waals surface area contributed by atoms with E-state index in [0.29, 0.717) is 6.54 Å². The number of benzene rings is 2. The van der Waals surface area contributed by atoms with Crippen LogP contribution in [-0.2, 0) is 6.54 Å². The number of para-hydroxylation sites is 1. The minimum absolute atomic E-state index is 0. The predicted octanol–water partition coefficient (Wildman–Crippen LogP) is 3.67. The molecule has 90 valence electrons. The van der Waals surface area contributed by atoms with Gasteiger partial charge in [0.2, 0.25) is 0 Å². The van der Waals surface area contributed by atoms with Crippen molar-refractivity contribution in [1.29, 1.82) is 0 Å². The molecule has 0 amide bonds. The topological polar surface area (TPSA) is 35.2 Å². The lowest BCUT2D eigenvalue weighted by Crippen LogP contribution is -1.95. The molecule has 0 aliphatic rings. The molecule has 0 bridgehead atoms. The van der Waals surface area contributed by atoms with Crippen molar-refractivity contribution in [3.63, 3.8) is 0 Å². The molecule has 2 aromatic carbocycles. The molecule has 17 heavy (non-hydrogen) atoms. The van der Waals surface area contributed by atoms with E-state index in [-0.39, 0.29) is 12.4 Å². The average Bonchev–Trinajstić information content (AvgIpc) is 2.33. The minimum Gasteiger partial charge on any atom is -0.457 e. The number of halogens is 1. The van der Waals surface area contributed by atoms with Crippen LogP contribution in [0.4, 0.5) is 0 Å². The normalized spacial score (nSPS) is 9.53. The van der Waals surface area contributed by atoms with Crippen LogP contribution in [0.15, 0.2) is 48.5 Å². The molecule has 0 aliphatic heterocycles. The molecule has 0 spiro atoms. The second-order valence-electron chi connectivity index (χ2n) is 3.72. The molecule has 0 radical (unpaired) electrons. The fourth-order valence-corrected chi connectivity index (χ4v) is 1.49. The first-order valence-corrected chi connectivity index (χ1v) is 5.32. The summed E-state index contributed by atoms with van der Waals surface area (Å²) in [5.74, 6) is 1.73. The van der Waals surface area contributed by atoms with E-state index in [1.54, 1.807) is 0 Å². The van der Waals surface area contributed by atoms with Gasteiger partial charge in [-0.15, -0.1) is 12.4 Å². The van der Waals surface area contributed by atoms with E-state index in [1.165, 1.54) is 0 Å². The Hall–Kier alpha value is -1.51. The predicted molar refractivity (Wildman–Crippen MR) is 72.8 cm³/mol. The smallest absolute Gasteiger partial charge is 0.130 e. The molecule has 2 nitrogen and oxygen atoms in total. The number of rotatable bonds is 3. The van der Waals surface area contributed by atoms with Crippen molar-refractivity contribution in [2.24, 2.45) is 5.73 Å². The second kappa shape index (κ2) is 6.28. The fraction of sp³-hybridized carbons (Fsp3) is 0.143. The zero-order chi connectivity index (χ0) is 11.4. The van der Waals surface area contributed by atoms with Gasteiger partial charge in [-0.3, -0.25) is 0 Å². The van der Waals surface area contributed by atoms with Crippen LogP contribution in [0.25, 0.3) is 0 Å². The van der Waals surface area contributed by atoms with Crippen molar-refractivity contribution in [2.45, 2.75) is 13.5 Å². The van der Waals surface area contributed by atoms with Crippen molar-refractivity contribution in [2.75, 3.05) is 0 Å². The van der Waals surface area contributed by atoms with Crippen LogP contribution in [-0.4, -0.2) is 0 Å². The van der Waals surface area contributed by atoms with E-state index in [9.17, 15) is 0 Å². The van der Waals surface area contributed by atoms with Crippen molar-refractivity contribution < 1.29 is 4.74 Å².